The maximum atomic E-state index is 13.0. The second kappa shape index (κ2) is 69.9. The van der Waals surface area contributed by atoms with Gasteiger partial charge in [-0.15, -0.1) is 0 Å². The first kappa shape index (κ1) is 78.4. The maximum absolute atomic E-state index is 13.0. The summed E-state index contributed by atoms with van der Waals surface area (Å²) in [5, 5.41) is 0. The fraction of sp³-hybridized carbons (Fsp3) is 0.853. The third kappa shape index (κ3) is 68.0. The van der Waals surface area contributed by atoms with Gasteiger partial charge in [0, 0.05) is 19.3 Å². The highest BCUT2D eigenvalue weighted by atomic mass is 16.6. The van der Waals surface area contributed by atoms with Crippen molar-refractivity contribution in [3.8, 4) is 0 Å². The summed E-state index contributed by atoms with van der Waals surface area (Å²) in [4.78, 5) is 38.5. The summed E-state index contributed by atoms with van der Waals surface area (Å²) in [6.07, 6.45) is 88.4. The number of carbonyl (C=O) groups excluding carboxylic acids is 3. The monoisotopic (exact) mass is 1140 g/mol. The van der Waals surface area contributed by atoms with E-state index in [2.05, 4.69) is 69.4 Å². The molecule has 0 spiro atoms. The summed E-state index contributed by atoms with van der Waals surface area (Å²) in [5.41, 5.74) is 0. The van der Waals surface area contributed by atoms with Crippen molar-refractivity contribution in [1.82, 2.24) is 0 Å². The number of esters is 3. The molecule has 0 saturated carbocycles. The molecule has 0 radical (unpaired) electrons. The highest BCUT2D eigenvalue weighted by Crippen LogP contribution is 2.18. The zero-order valence-electron chi connectivity index (χ0n) is 54.6. The molecule has 0 fully saturated rings. The number of allylic oxidation sites excluding steroid dienone is 8. The van der Waals surface area contributed by atoms with Crippen LogP contribution in [0.1, 0.15) is 393 Å². The largest absolute Gasteiger partial charge is 0.462 e. The van der Waals surface area contributed by atoms with E-state index in [1.807, 2.05) is 0 Å². The lowest BCUT2D eigenvalue weighted by atomic mass is 10.0. The smallest absolute Gasteiger partial charge is 0.306 e. The average Bonchev–Trinajstić information content (AvgIpc) is 3.47. The van der Waals surface area contributed by atoms with Crippen LogP contribution in [-0.2, 0) is 28.6 Å². The Labute approximate surface area is 505 Å². The number of unbranched alkanes of at least 4 members (excludes halogenated alkanes) is 48. The molecule has 0 saturated heterocycles. The van der Waals surface area contributed by atoms with E-state index in [4.69, 9.17) is 14.2 Å². The van der Waals surface area contributed by atoms with Gasteiger partial charge >= 0.3 is 17.9 Å². The first-order valence-electron chi connectivity index (χ1n) is 36.1. The van der Waals surface area contributed by atoms with Crippen molar-refractivity contribution in [2.24, 2.45) is 0 Å². The van der Waals surface area contributed by atoms with Gasteiger partial charge in [0.2, 0.25) is 0 Å². The van der Waals surface area contributed by atoms with Gasteiger partial charge < -0.3 is 14.2 Å². The molecule has 0 aromatic heterocycles. The lowest BCUT2D eigenvalue weighted by Crippen LogP contribution is -2.30. The second-order valence-electron chi connectivity index (χ2n) is 24.5. The van der Waals surface area contributed by atoms with Crippen LogP contribution in [0, 0.1) is 0 Å². The van der Waals surface area contributed by atoms with E-state index < -0.39 is 6.10 Å². The molecular weight excluding hydrogens is 997 g/mol. The molecule has 0 aromatic rings. The molecular formula is C75H138O6. The molecule has 0 aliphatic carbocycles. The first-order chi connectivity index (χ1) is 40.0. The van der Waals surface area contributed by atoms with Gasteiger partial charge in [-0.1, -0.05) is 339 Å². The number of rotatable bonds is 67. The Bertz CT molecular complexity index is 1400. The second-order valence-corrected chi connectivity index (χ2v) is 24.5. The molecule has 6 nitrogen and oxygen atoms in total. The molecule has 1 unspecified atom stereocenters. The van der Waals surface area contributed by atoms with Crippen LogP contribution in [0.3, 0.4) is 0 Å². The van der Waals surface area contributed by atoms with Crippen LogP contribution in [0.25, 0.3) is 0 Å². The van der Waals surface area contributed by atoms with Crippen molar-refractivity contribution in [3.63, 3.8) is 0 Å². The summed E-state index contributed by atoms with van der Waals surface area (Å²) in [6.45, 7) is 6.69. The first-order valence-corrected chi connectivity index (χ1v) is 36.1. The minimum Gasteiger partial charge on any atom is -0.462 e. The van der Waals surface area contributed by atoms with Gasteiger partial charge in [0.25, 0.3) is 0 Å². The van der Waals surface area contributed by atoms with Gasteiger partial charge in [-0.3, -0.25) is 14.4 Å². The van der Waals surface area contributed by atoms with E-state index in [1.54, 1.807) is 0 Å². The van der Waals surface area contributed by atoms with E-state index in [1.165, 1.54) is 283 Å². The van der Waals surface area contributed by atoms with E-state index in [9.17, 15) is 14.4 Å². The molecule has 0 aliphatic rings. The Morgan fingerprint density at radius 1 is 0.247 bits per heavy atom. The van der Waals surface area contributed by atoms with Crippen LogP contribution in [0.15, 0.2) is 48.6 Å². The summed E-state index contributed by atoms with van der Waals surface area (Å²) in [7, 11) is 0. The number of ether oxygens (including phenoxy) is 3. The van der Waals surface area contributed by atoms with Crippen molar-refractivity contribution >= 4 is 17.9 Å². The molecule has 0 amide bonds. The Balaban J connectivity index is 4.34. The van der Waals surface area contributed by atoms with Crippen molar-refractivity contribution in [2.75, 3.05) is 13.2 Å². The Hall–Kier alpha value is -2.63. The van der Waals surface area contributed by atoms with Gasteiger partial charge in [0.1, 0.15) is 13.2 Å². The van der Waals surface area contributed by atoms with Crippen LogP contribution < -0.4 is 0 Å². The normalized spacial score (nSPS) is 12.3. The van der Waals surface area contributed by atoms with Gasteiger partial charge in [0.05, 0.1) is 0 Å². The maximum Gasteiger partial charge on any atom is 0.306 e. The quantitative estimate of drug-likeness (QED) is 0.0261. The molecule has 0 aromatic carbocycles. The minimum atomic E-state index is -0.778. The molecule has 0 N–H and O–H groups in total. The molecule has 0 heterocycles. The third-order valence-corrected chi connectivity index (χ3v) is 16.3. The fourth-order valence-electron chi connectivity index (χ4n) is 10.9. The molecule has 0 aliphatic heterocycles. The summed E-state index contributed by atoms with van der Waals surface area (Å²) in [6, 6.07) is 0. The molecule has 0 bridgehead atoms. The number of carbonyl (C=O) groups is 3. The Morgan fingerprint density at radius 2 is 0.444 bits per heavy atom. The van der Waals surface area contributed by atoms with Crippen molar-refractivity contribution in [1.29, 1.82) is 0 Å². The lowest BCUT2D eigenvalue weighted by Gasteiger charge is -2.18. The number of hydrogen-bond acceptors (Lipinski definition) is 6. The van der Waals surface area contributed by atoms with Crippen LogP contribution in [0.5, 0.6) is 0 Å². The Kier molecular flexibility index (Phi) is 67.6. The van der Waals surface area contributed by atoms with E-state index in [0.717, 1.165) is 70.6 Å². The molecule has 1 atom stereocenters. The van der Waals surface area contributed by atoms with E-state index in [-0.39, 0.29) is 31.1 Å². The zero-order chi connectivity index (χ0) is 58.5. The molecule has 6 heteroatoms. The Morgan fingerprint density at radius 3 is 0.679 bits per heavy atom. The third-order valence-electron chi connectivity index (χ3n) is 16.3. The lowest BCUT2D eigenvalue weighted by molar-refractivity contribution is -0.167. The van der Waals surface area contributed by atoms with Crippen LogP contribution >= 0.6 is 0 Å². The average molecular weight is 1140 g/mol. The van der Waals surface area contributed by atoms with E-state index in [0.29, 0.717) is 19.3 Å². The van der Waals surface area contributed by atoms with Crippen LogP contribution in [0.2, 0.25) is 0 Å². The van der Waals surface area contributed by atoms with Gasteiger partial charge in [-0.05, 0) is 83.5 Å². The summed E-state index contributed by atoms with van der Waals surface area (Å²) >= 11 is 0. The van der Waals surface area contributed by atoms with Crippen LogP contribution in [0.4, 0.5) is 0 Å². The predicted molar refractivity (Wildman–Crippen MR) is 353 cm³/mol. The fourth-order valence-corrected chi connectivity index (χ4v) is 10.9. The molecule has 474 valence electrons. The van der Waals surface area contributed by atoms with Crippen molar-refractivity contribution in [2.45, 2.75) is 399 Å². The SMILES string of the molecule is CCCCCCC/C=C\C/C=C\CCCCCCCCCCCC(=O)OCC(COC(=O)CCCCCCCCCCCCCCCCCCCCCCC)OC(=O)CCCCCCCCCCC/C=C\C/C=C\CCCCCCC. The van der Waals surface area contributed by atoms with Crippen molar-refractivity contribution < 1.29 is 28.6 Å². The summed E-state index contributed by atoms with van der Waals surface area (Å²) < 4.78 is 17.0. The molecule has 81 heavy (non-hydrogen) atoms. The van der Waals surface area contributed by atoms with Gasteiger partial charge in [-0.25, -0.2) is 0 Å². The molecule has 0 rings (SSSR count). The summed E-state index contributed by atoms with van der Waals surface area (Å²) in [5.74, 6) is -0.851. The van der Waals surface area contributed by atoms with E-state index >= 15 is 0 Å². The predicted octanol–water partition coefficient (Wildman–Crippen LogP) is 24.9. The highest BCUT2D eigenvalue weighted by Gasteiger charge is 2.19. The number of hydrogen-bond donors (Lipinski definition) is 0. The standard InChI is InChI=1S/C75H138O6/c1-4-7-10-13-16-19-22-25-28-31-34-37-40-43-46-49-52-55-58-61-64-67-73(76)79-70-72(81-75(78)69-66-63-60-57-54-51-48-45-42-39-36-33-30-27-24-21-18-15-12-9-6-3)71-80-74(77)68-65-62-59-56-53-50-47-44-41-38-35-32-29-26-23-20-17-14-11-8-5-2/h22,24-25,27,31,33-34,36,72H,4-21,23,26,28-30,32,35,37-71H2,1-3H3/b25-22-,27-24-,34-31-,36-33-. The van der Waals surface area contributed by atoms with Crippen LogP contribution in [-0.4, -0.2) is 37.2 Å². The minimum absolute atomic E-state index is 0.0717. The van der Waals surface area contributed by atoms with Crippen molar-refractivity contribution in [3.05, 3.63) is 48.6 Å². The zero-order valence-corrected chi connectivity index (χ0v) is 54.6. The topological polar surface area (TPSA) is 78.9 Å². The van der Waals surface area contributed by atoms with Gasteiger partial charge in [-0.2, -0.15) is 0 Å². The highest BCUT2D eigenvalue weighted by molar-refractivity contribution is 5.71. The van der Waals surface area contributed by atoms with Gasteiger partial charge in [0.15, 0.2) is 6.10 Å².